The first-order valence-electron chi connectivity index (χ1n) is 9.20. The first-order valence-corrected chi connectivity index (χ1v) is 10.7. The van der Waals surface area contributed by atoms with Gasteiger partial charge >= 0.3 is 11.5 Å². The number of nitrogens with zero attached hydrogens (tertiary/aromatic N) is 3. The predicted molar refractivity (Wildman–Crippen MR) is 103 cm³/mol. The number of alkyl halides is 3. The van der Waals surface area contributed by atoms with Crippen molar-refractivity contribution >= 4 is 33.4 Å². The summed E-state index contributed by atoms with van der Waals surface area (Å²) >= 11 is 0. The van der Waals surface area contributed by atoms with Crippen molar-refractivity contribution in [3.8, 4) is 0 Å². The molecule has 0 radical (unpaired) electrons. The zero-order valence-electron chi connectivity index (χ0n) is 16.2. The highest BCUT2D eigenvalue weighted by Crippen LogP contribution is 2.50. The van der Waals surface area contributed by atoms with Crippen molar-refractivity contribution in [2.24, 2.45) is 5.73 Å². The molecule has 2 aromatic rings. The van der Waals surface area contributed by atoms with Gasteiger partial charge in [-0.05, 0) is 48.7 Å². The van der Waals surface area contributed by atoms with E-state index in [-0.39, 0.29) is 17.8 Å². The Kier molecular flexibility index (Phi) is 4.77. The van der Waals surface area contributed by atoms with Crippen LogP contribution < -0.4 is 10.6 Å². The third kappa shape index (κ3) is 3.20. The molecule has 1 aliphatic carbocycles. The number of anilines is 1. The monoisotopic (exact) mass is 468 g/mol. The van der Waals surface area contributed by atoms with Gasteiger partial charge in [0.15, 0.2) is 0 Å². The van der Waals surface area contributed by atoms with Crippen molar-refractivity contribution < 1.29 is 36.0 Å². The second-order valence-electron chi connectivity index (χ2n) is 7.38. The van der Waals surface area contributed by atoms with Crippen LogP contribution in [0.25, 0.3) is 0 Å². The molecule has 4 amide bonds. The molecular formula is C19H15F3N4O5S. The number of amides is 4. The molecule has 1 saturated carbocycles. The van der Waals surface area contributed by atoms with E-state index in [2.05, 4.69) is 4.98 Å². The Balaban J connectivity index is 1.66. The van der Waals surface area contributed by atoms with E-state index in [1.807, 2.05) is 0 Å². The molecule has 2 fully saturated rings. The lowest BCUT2D eigenvalue weighted by atomic mass is 10.1. The van der Waals surface area contributed by atoms with Gasteiger partial charge in [0.2, 0.25) is 0 Å². The van der Waals surface area contributed by atoms with E-state index in [1.165, 1.54) is 23.4 Å². The van der Waals surface area contributed by atoms with Crippen LogP contribution in [-0.4, -0.2) is 47.2 Å². The van der Waals surface area contributed by atoms with Crippen LogP contribution >= 0.6 is 0 Å². The largest absolute Gasteiger partial charge is 0.501 e. The van der Waals surface area contributed by atoms with Gasteiger partial charge in [-0.15, -0.1) is 0 Å². The van der Waals surface area contributed by atoms with Gasteiger partial charge in [0.25, 0.3) is 21.7 Å². The van der Waals surface area contributed by atoms with Gasteiger partial charge in [0.1, 0.15) is 5.54 Å². The molecular weight excluding hydrogens is 453 g/mol. The molecule has 13 heteroatoms. The van der Waals surface area contributed by atoms with Gasteiger partial charge in [0.05, 0.1) is 16.1 Å². The highest BCUT2D eigenvalue weighted by molar-refractivity contribution is 7.92. The molecule has 0 unspecified atom stereocenters. The summed E-state index contributed by atoms with van der Waals surface area (Å²) in [6, 6.07) is 4.06. The molecule has 1 aliphatic heterocycles. The number of benzene rings is 1. The number of carbonyl (C=O) groups is 3. The van der Waals surface area contributed by atoms with E-state index in [0.717, 1.165) is 17.0 Å². The Morgan fingerprint density at radius 1 is 1.12 bits per heavy atom. The molecule has 0 atom stereocenters. The number of hydrogen-bond acceptors (Lipinski definition) is 6. The van der Waals surface area contributed by atoms with Crippen LogP contribution in [0.5, 0.6) is 0 Å². The number of halogens is 3. The van der Waals surface area contributed by atoms with Gasteiger partial charge in [-0.25, -0.2) is 18.1 Å². The highest BCUT2D eigenvalue weighted by atomic mass is 32.2. The first-order chi connectivity index (χ1) is 14.9. The second kappa shape index (κ2) is 7.02. The van der Waals surface area contributed by atoms with Gasteiger partial charge in [-0.1, -0.05) is 0 Å². The van der Waals surface area contributed by atoms with Crippen molar-refractivity contribution in [3.05, 3.63) is 53.9 Å². The van der Waals surface area contributed by atoms with E-state index in [9.17, 15) is 36.0 Å². The lowest BCUT2D eigenvalue weighted by molar-refractivity contribution is -0.120. The fourth-order valence-electron chi connectivity index (χ4n) is 3.62. The predicted octanol–water partition coefficient (Wildman–Crippen LogP) is 1.98. The van der Waals surface area contributed by atoms with Crippen molar-refractivity contribution in [1.29, 1.82) is 0 Å². The first kappa shape index (κ1) is 21.7. The van der Waals surface area contributed by atoms with E-state index >= 15 is 0 Å². The van der Waals surface area contributed by atoms with Crippen molar-refractivity contribution in [3.63, 3.8) is 0 Å². The minimum absolute atomic E-state index is 0.0697. The SMILES string of the molecule is NC(=O)c1cnccc1CN1C(=O)N(c2ccc(S(=O)(=O)C(F)(F)F)cc2)C(=O)C12CC2. The molecule has 4 rings (SSSR count). The summed E-state index contributed by atoms with van der Waals surface area (Å²) in [6.45, 7) is -0.109. The minimum atomic E-state index is -5.57. The van der Waals surface area contributed by atoms with Gasteiger partial charge in [0, 0.05) is 18.9 Å². The number of sulfone groups is 1. The quantitative estimate of drug-likeness (QED) is 0.668. The molecule has 2 N–H and O–H groups in total. The summed E-state index contributed by atoms with van der Waals surface area (Å²) < 4.78 is 61.3. The molecule has 2 aliphatic rings. The topological polar surface area (TPSA) is 131 Å². The van der Waals surface area contributed by atoms with E-state index < -0.39 is 43.6 Å². The maximum Gasteiger partial charge on any atom is 0.501 e. The molecule has 2 heterocycles. The molecule has 168 valence electrons. The van der Waals surface area contributed by atoms with E-state index in [1.54, 1.807) is 0 Å². The van der Waals surface area contributed by atoms with Crippen LogP contribution in [0.4, 0.5) is 23.7 Å². The third-order valence-corrected chi connectivity index (χ3v) is 6.98. The lowest BCUT2D eigenvalue weighted by Crippen LogP contribution is -2.37. The number of urea groups is 1. The van der Waals surface area contributed by atoms with Crippen LogP contribution in [0.2, 0.25) is 0 Å². The number of nitrogens with two attached hydrogens (primary N) is 1. The lowest BCUT2D eigenvalue weighted by Gasteiger charge is -2.22. The maximum absolute atomic E-state index is 13.1. The minimum Gasteiger partial charge on any atom is -0.366 e. The highest BCUT2D eigenvalue weighted by Gasteiger charge is 2.65. The summed E-state index contributed by atoms with van der Waals surface area (Å²) in [5, 5.41) is 0. The molecule has 1 saturated heterocycles. The van der Waals surface area contributed by atoms with Gasteiger partial charge in [-0.3, -0.25) is 14.6 Å². The van der Waals surface area contributed by atoms with E-state index in [0.29, 0.717) is 30.5 Å². The summed E-state index contributed by atoms with van der Waals surface area (Å²) in [6.07, 6.45) is 3.38. The molecule has 1 spiro atoms. The Labute approximate surface area is 179 Å². The summed E-state index contributed by atoms with van der Waals surface area (Å²) in [5.74, 6) is -1.34. The third-order valence-electron chi connectivity index (χ3n) is 5.48. The number of hydrogen-bond donors (Lipinski definition) is 1. The normalized spacial score (nSPS) is 17.8. The van der Waals surface area contributed by atoms with Crippen LogP contribution in [0.1, 0.15) is 28.8 Å². The Morgan fingerprint density at radius 3 is 2.28 bits per heavy atom. The Morgan fingerprint density at radius 2 is 1.75 bits per heavy atom. The summed E-state index contributed by atoms with van der Waals surface area (Å²) in [4.78, 5) is 42.7. The smallest absolute Gasteiger partial charge is 0.366 e. The zero-order chi connectivity index (χ0) is 23.5. The van der Waals surface area contributed by atoms with Crippen LogP contribution in [-0.2, 0) is 21.2 Å². The number of pyridine rings is 1. The van der Waals surface area contributed by atoms with E-state index in [4.69, 9.17) is 5.73 Å². The fourth-order valence-corrected chi connectivity index (χ4v) is 4.39. The molecule has 9 nitrogen and oxygen atoms in total. The molecule has 1 aromatic heterocycles. The Hall–Kier alpha value is -3.48. The average molecular weight is 468 g/mol. The zero-order valence-corrected chi connectivity index (χ0v) is 17.0. The second-order valence-corrected chi connectivity index (χ2v) is 9.32. The van der Waals surface area contributed by atoms with Gasteiger partial charge < -0.3 is 10.6 Å². The molecule has 1 aromatic carbocycles. The van der Waals surface area contributed by atoms with Crippen LogP contribution in [0.15, 0.2) is 47.6 Å². The van der Waals surface area contributed by atoms with Crippen molar-refractivity contribution in [1.82, 2.24) is 9.88 Å². The summed E-state index contributed by atoms with van der Waals surface area (Å²) in [7, 11) is -5.57. The van der Waals surface area contributed by atoms with Crippen molar-refractivity contribution in [2.75, 3.05) is 4.90 Å². The Bertz CT molecular complexity index is 1240. The standard InChI is InChI=1S/C19H15F3N4O5S/c20-19(21,22)32(30,31)13-3-1-12(2-4-13)26-16(28)18(6-7-18)25(17(26)29)10-11-5-8-24-9-14(11)15(23)27/h1-5,8-9H,6-7,10H2,(H2,23,27). The number of carbonyl (C=O) groups excluding carboxylic acids is 3. The van der Waals surface area contributed by atoms with Crippen LogP contribution in [0.3, 0.4) is 0 Å². The maximum atomic E-state index is 13.1. The number of aromatic nitrogens is 1. The number of primary amides is 1. The van der Waals surface area contributed by atoms with Crippen molar-refractivity contribution in [2.45, 2.75) is 35.3 Å². The fraction of sp³-hybridized carbons (Fsp3) is 0.263. The van der Waals surface area contributed by atoms with Crippen LogP contribution in [0, 0.1) is 0 Å². The molecule has 0 bridgehead atoms. The number of rotatable bonds is 5. The summed E-state index contributed by atoms with van der Waals surface area (Å²) in [5.41, 5.74) is -0.871. The number of imide groups is 1. The van der Waals surface area contributed by atoms with Gasteiger partial charge in [-0.2, -0.15) is 13.2 Å². The average Bonchev–Trinajstić information content (AvgIpc) is 3.50. The molecule has 32 heavy (non-hydrogen) atoms.